The molecule has 0 saturated carbocycles. The second kappa shape index (κ2) is 9.88. The highest BCUT2D eigenvalue weighted by Gasteiger charge is 2.15. The van der Waals surface area contributed by atoms with Crippen molar-refractivity contribution in [1.82, 2.24) is 20.4 Å². The Kier molecular flexibility index (Phi) is 7.56. The molecule has 0 unspecified atom stereocenters. The van der Waals surface area contributed by atoms with Gasteiger partial charge in [0.25, 0.3) is 5.56 Å². The molecule has 2 amide bonds. The number of esters is 1. The topological polar surface area (TPSA) is 119 Å². The zero-order valence-electron chi connectivity index (χ0n) is 15.9. The fraction of sp³-hybridized carbons (Fsp3) is 0.389. The maximum atomic E-state index is 12.9. The molecular formula is C18H22N4O5S. The molecule has 10 heteroatoms. The van der Waals surface area contributed by atoms with Gasteiger partial charge in [-0.1, -0.05) is 25.1 Å². The zero-order chi connectivity index (χ0) is 20.7. The van der Waals surface area contributed by atoms with Gasteiger partial charge in [-0.2, -0.15) is 0 Å². The van der Waals surface area contributed by atoms with Crippen LogP contribution in [-0.4, -0.2) is 40.2 Å². The van der Waals surface area contributed by atoms with E-state index in [2.05, 4.69) is 15.8 Å². The lowest BCUT2D eigenvalue weighted by molar-refractivity contribution is -0.126. The van der Waals surface area contributed by atoms with E-state index in [1.54, 1.807) is 6.07 Å². The molecule has 1 aromatic carbocycles. The molecule has 0 aliphatic rings. The monoisotopic (exact) mass is 406 g/mol. The number of carbonyl (C=O) groups excluding carboxylic acids is 3. The second-order valence-electron chi connectivity index (χ2n) is 5.95. The Morgan fingerprint density at radius 2 is 2.00 bits per heavy atom. The van der Waals surface area contributed by atoms with Crippen molar-refractivity contribution in [1.29, 1.82) is 0 Å². The number of hydrogen-bond donors (Lipinski definition) is 2. The van der Waals surface area contributed by atoms with E-state index in [4.69, 9.17) is 4.74 Å². The summed E-state index contributed by atoms with van der Waals surface area (Å²) in [6.07, 6.45) is 1.66. The quantitative estimate of drug-likeness (QED) is 0.307. The lowest BCUT2D eigenvalue weighted by Gasteiger charge is -2.13. The number of aromatic nitrogens is 2. The molecule has 0 bridgehead atoms. The van der Waals surface area contributed by atoms with E-state index >= 15 is 0 Å². The third-order valence-electron chi connectivity index (χ3n) is 3.79. The van der Waals surface area contributed by atoms with Crippen LogP contribution in [0.5, 0.6) is 0 Å². The second-order valence-corrected chi connectivity index (χ2v) is 6.89. The summed E-state index contributed by atoms with van der Waals surface area (Å²) < 4.78 is 6.23. The average Bonchev–Trinajstić information content (AvgIpc) is 2.69. The molecule has 150 valence electrons. The normalized spacial score (nSPS) is 10.5. The Morgan fingerprint density at radius 1 is 1.25 bits per heavy atom. The van der Waals surface area contributed by atoms with Crippen LogP contribution in [0.4, 0.5) is 0 Å². The summed E-state index contributed by atoms with van der Waals surface area (Å²) in [6.45, 7) is 3.75. The molecule has 2 aromatic rings. The zero-order valence-corrected chi connectivity index (χ0v) is 16.7. The number of hydrazine groups is 1. The molecule has 0 spiro atoms. The van der Waals surface area contributed by atoms with Crippen LogP contribution < -0.4 is 16.4 Å². The predicted octanol–water partition coefficient (Wildman–Crippen LogP) is 1.24. The molecule has 9 nitrogen and oxygen atoms in total. The van der Waals surface area contributed by atoms with Crippen molar-refractivity contribution >= 4 is 40.4 Å². The van der Waals surface area contributed by atoms with Crippen LogP contribution in [0.3, 0.4) is 0 Å². The first kappa shape index (κ1) is 21.4. The van der Waals surface area contributed by atoms with Gasteiger partial charge in [-0.25, -0.2) is 9.78 Å². The Bertz CT molecular complexity index is 957. The van der Waals surface area contributed by atoms with E-state index < -0.39 is 17.8 Å². The van der Waals surface area contributed by atoms with Gasteiger partial charge in [0.15, 0.2) is 5.16 Å². The number of ether oxygens (including phenoxy) is 1. The lowest BCUT2D eigenvalue weighted by atomic mass is 10.1. The van der Waals surface area contributed by atoms with E-state index in [0.29, 0.717) is 22.6 Å². The van der Waals surface area contributed by atoms with Crippen molar-refractivity contribution in [2.24, 2.45) is 0 Å². The summed E-state index contributed by atoms with van der Waals surface area (Å²) in [7, 11) is 1.28. The number of unbranched alkanes of at least 4 members (excludes halogenated alkanes) is 1. The number of nitrogens with zero attached hydrogens (tertiary/aromatic N) is 2. The fourth-order valence-corrected chi connectivity index (χ4v) is 3.22. The van der Waals surface area contributed by atoms with E-state index in [0.717, 1.165) is 24.6 Å². The summed E-state index contributed by atoms with van der Waals surface area (Å²) in [4.78, 5) is 51.9. The molecule has 1 heterocycles. The van der Waals surface area contributed by atoms with Crippen LogP contribution in [0.25, 0.3) is 10.9 Å². The molecule has 0 radical (unpaired) electrons. The van der Waals surface area contributed by atoms with Gasteiger partial charge < -0.3 is 4.74 Å². The minimum atomic E-state index is -0.525. The Hall–Kier alpha value is -2.88. The number of amides is 2. The van der Waals surface area contributed by atoms with Gasteiger partial charge in [0.2, 0.25) is 11.8 Å². The highest BCUT2D eigenvalue weighted by molar-refractivity contribution is 7.99. The van der Waals surface area contributed by atoms with Gasteiger partial charge in [0.1, 0.15) is 0 Å². The number of thioether (sulfide) groups is 1. The summed E-state index contributed by atoms with van der Waals surface area (Å²) in [5.41, 5.74) is 4.87. The number of hydrogen-bond acceptors (Lipinski definition) is 7. The first-order chi connectivity index (χ1) is 13.4. The molecule has 0 fully saturated rings. The Balaban J connectivity index is 2.39. The first-order valence-electron chi connectivity index (χ1n) is 8.68. The number of fused-ring (bicyclic) bond motifs is 1. The van der Waals surface area contributed by atoms with Gasteiger partial charge in [0.05, 0.1) is 29.3 Å². The van der Waals surface area contributed by atoms with E-state index in [1.165, 1.54) is 30.7 Å². The third-order valence-corrected chi connectivity index (χ3v) is 4.76. The van der Waals surface area contributed by atoms with Crippen molar-refractivity contribution in [2.45, 2.75) is 38.4 Å². The standard InChI is InChI=1S/C18H22N4O5S/c1-4-5-8-22-16(25)13-7-6-12(17(26)27-3)9-14(13)19-18(22)28-10-15(24)21-20-11(2)23/h6-7,9H,4-5,8,10H2,1-3H3,(H,20,23)(H,21,24). The molecule has 0 saturated heterocycles. The van der Waals surface area contributed by atoms with Gasteiger partial charge >= 0.3 is 5.97 Å². The Morgan fingerprint density at radius 3 is 2.64 bits per heavy atom. The van der Waals surface area contributed by atoms with Crippen LogP contribution in [0, 0.1) is 0 Å². The lowest BCUT2D eigenvalue weighted by Crippen LogP contribution is -2.41. The minimum absolute atomic E-state index is 0.0406. The van der Waals surface area contributed by atoms with Crippen molar-refractivity contribution in [3.63, 3.8) is 0 Å². The summed E-state index contributed by atoms with van der Waals surface area (Å²) in [6, 6.07) is 4.57. The third kappa shape index (κ3) is 5.32. The van der Waals surface area contributed by atoms with Gasteiger partial charge in [0, 0.05) is 13.5 Å². The van der Waals surface area contributed by atoms with Crippen molar-refractivity contribution in [3.05, 3.63) is 34.1 Å². The molecule has 28 heavy (non-hydrogen) atoms. The van der Waals surface area contributed by atoms with Crippen LogP contribution in [0.15, 0.2) is 28.2 Å². The highest BCUT2D eigenvalue weighted by Crippen LogP contribution is 2.19. The molecule has 0 atom stereocenters. The van der Waals surface area contributed by atoms with E-state index in [9.17, 15) is 19.2 Å². The SMILES string of the molecule is CCCCn1c(SCC(=O)NNC(C)=O)nc2cc(C(=O)OC)ccc2c1=O. The van der Waals surface area contributed by atoms with Crippen LogP contribution in [0.2, 0.25) is 0 Å². The highest BCUT2D eigenvalue weighted by atomic mass is 32.2. The van der Waals surface area contributed by atoms with Crippen molar-refractivity contribution in [3.8, 4) is 0 Å². The van der Waals surface area contributed by atoms with Crippen LogP contribution in [-0.2, 0) is 20.9 Å². The molecule has 2 N–H and O–H groups in total. The number of benzene rings is 1. The molecular weight excluding hydrogens is 384 g/mol. The number of carbonyl (C=O) groups is 3. The smallest absolute Gasteiger partial charge is 0.337 e. The first-order valence-corrected chi connectivity index (χ1v) is 9.67. The molecule has 0 aliphatic carbocycles. The fourth-order valence-electron chi connectivity index (χ4n) is 2.39. The number of nitrogens with one attached hydrogen (secondary N) is 2. The average molecular weight is 406 g/mol. The maximum Gasteiger partial charge on any atom is 0.337 e. The number of methoxy groups -OCH3 is 1. The molecule has 0 aliphatic heterocycles. The van der Waals surface area contributed by atoms with Gasteiger partial charge in [-0.3, -0.25) is 29.8 Å². The van der Waals surface area contributed by atoms with E-state index in [1.807, 2.05) is 6.92 Å². The van der Waals surface area contributed by atoms with Crippen molar-refractivity contribution < 1.29 is 19.1 Å². The maximum absolute atomic E-state index is 12.9. The predicted molar refractivity (Wildman–Crippen MR) is 105 cm³/mol. The Labute approximate surface area is 165 Å². The van der Waals surface area contributed by atoms with Gasteiger partial charge in [-0.15, -0.1) is 0 Å². The number of rotatable bonds is 7. The molecule has 2 rings (SSSR count). The summed E-state index contributed by atoms with van der Waals surface area (Å²) in [5, 5.41) is 0.752. The van der Waals surface area contributed by atoms with Gasteiger partial charge in [-0.05, 0) is 24.6 Å². The summed E-state index contributed by atoms with van der Waals surface area (Å²) >= 11 is 1.08. The molecule has 1 aromatic heterocycles. The van der Waals surface area contributed by atoms with Crippen molar-refractivity contribution in [2.75, 3.05) is 12.9 Å². The van der Waals surface area contributed by atoms with Crippen LogP contribution in [0.1, 0.15) is 37.0 Å². The largest absolute Gasteiger partial charge is 0.465 e. The summed E-state index contributed by atoms with van der Waals surface area (Å²) in [5.74, 6) is -1.39. The van der Waals surface area contributed by atoms with E-state index in [-0.39, 0.29) is 16.9 Å². The minimum Gasteiger partial charge on any atom is -0.465 e. The van der Waals surface area contributed by atoms with Crippen LogP contribution >= 0.6 is 11.8 Å².